The van der Waals surface area contributed by atoms with Gasteiger partial charge in [-0.2, -0.15) is 0 Å². The highest BCUT2D eigenvalue weighted by atomic mass is 16.3. The van der Waals surface area contributed by atoms with Gasteiger partial charge in [-0.05, 0) is 55.3 Å². The first kappa shape index (κ1) is 17.7. The molecule has 2 atom stereocenters. The lowest BCUT2D eigenvalue weighted by atomic mass is 9.91. The van der Waals surface area contributed by atoms with Crippen molar-refractivity contribution < 1.29 is 5.11 Å². The molecule has 2 aliphatic rings. The van der Waals surface area contributed by atoms with Crippen LogP contribution in [0.5, 0.6) is 0 Å². The molecule has 0 aliphatic carbocycles. The highest BCUT2D eigenvalue weighted by Gasteiger charge is 2.45. The van der Waals surface area contributed by atoms with Crippen LogP contribution >= 0.6 is 0 Å². The van der Waals surface area contributed by atoms with Crippen LogP contribution in [0.2, 0.25) is 0 Å². The Labute approximate surface area is 165 Å². The summed E-state index contributed by atoms with van der Waals surface area (Å²) in [5, 5.41) is 16.2. The third-order valence-electron chi connectivity index (χ3n) is 6.25. The number of nitrogens with zero attached hydrogens (tertiary/aromatic N) is 3. The molecule has 1 aromatic heterocycles. The van der Waals surface area contributed by atoms with E-state index in [1.807, 2.05) is 12.3 Å². The largest absolute Gasteiger partial charge is 0.392 e. The van der Waals surface area contributed by atoms with E-state index in [4.69, 9.17) is 9.97 Å². The maximum Gasteiger partial charge on any atom is 0.150 e. The molecule has 0 saturated carbocycles. The third kappa shape index (κ3) is 3.09. The van der Waals surface area contributed by atoms with Crippen molar-refractivity contribution >= 4 is 10.8 Å². The molecule has 1 unspecified atom stereocenters. The molecule has 28 heavy (non-hydrogen) atoms. The number of likely N-dealkylation sites (tertiary alicyclic amines) is 1. The molecule has 5 heteroatoms. The van der Waals surface area contributed by atoms with Gasteiger partial charge in [-0.25, -0.2) is 9.97 Å². The van der Waals surface area contributed by atoms with Crippen molar-refractivity contribution in [1.82, 2.24) is 20.2 Å². The Hall–Kier alpha value is -2.34. The summed E-state index contributed by atoms with van der Waals surface area (Å²) in [7, 11) is 0. The van der Waals surface area contributed by atoms with Gasteiger partial charge in [0.15, 0.2) is 5.82 Å². The topological polar surface area (TPSA) is 61.3 Å². The highest BCUT2D eigenvalue weighted by molar-refractivity contribution is 5.86. The van der Waals surface area contributed by atoms with Gasteiger partial charge in [0, 0.05) is 24.8 Å². The second-order valence-corrected chi connectivity index (χ2v) is 8.03. The monoisotopic (exact) mass is 374 g/mol. The number of piperidine rings is 1. The lowest BCUT2D eigenvalue weighted by Gasteiger charge is -2.43. The van der Waals surface area contributed by atoms with E-state index in [9.17, 15) is 5.11 Å². The van der Waals surface area contributed by atoms with Crippen molar-refractivity contribution in [2.45, 2.75) is 30.9 Å². The van der Waals surface area contributed by atoms with E-state index >= 15 is 0 Å². The number of aromatic nitrogens is 2. The fourth-order valence-corrected chi connectivity index (χ4v) is 4.72. The maximum atomic E-state index is 10.2. The zero-order valence-corrected chi connectivity index (χ0v) is 16.0. The van der Waals surface area contributed by atoms with Crippen LogP contribution in [0.4, 0.5) is 0 Å². The van der Waals surface area contributed by atoms with Crippen LogP contribution in [0.3, 0.4) is 0 Å². The summed E-state index contributed by atoms with van der Waals surface area (Å²) in [4.78, 5) is 12.1. The Kier molecular flexibility index (Phi) is 4.59. The Morgan fingerprint density at radius 1 is 1.11 bits per heavy atom. The second-order valence-electron chi connectivity index (χ2n) is 8.03. The van der Waals surface area contributed by atoms with E-state index in [-0.39, 0.29) is 11.6 Å². The molecule has 0 spiro atoms. The molecule has 0 bridgehead atoms. The molecule has 2 fully saturated rings. The quantitative estimate of drug-likeness (QED) is 0.738. The number of aliphatic hydroxyl groups excluding tert-OH is 1. The molecule has 3 heterocycles. The summed E-state index contributed by atoms with van der Waals surface area (Å²) in [5.41, 5.74) is 1.84. The highest BCUT2D eigenvalue weighted by Crippen LogP contribution is 2.35. The molecule has 0 amide bonds. The smallest absolute Gasteiger partial charge is 0.150 e. The number of nitrogens with one attached hydrogen (secondary N) is 1. The van der Waals surface area contributed by atoms with Crippen LogP contribution in [-0.2, 0) is 5.54 Å². The minimum atomic E-state index is -0.255. The molecule has 3 aromatic rings. The van der Waals surface area contributed by atoms with Crippen LogP contribution in [0.25, 0.3) is 22.0 Å². The van der Waals surface area contributed by atoms with Gasteiger partial charge >= 0.3 is 0 Å². The molecule has 144 valence electrons. The van der Waals surface area contributed by atoms with Gasteiger partial charge in [0.25, 0.3) is 0 Å². The van der Waals surface area contributed by atoms with Crippen LogP contribution in [0.1, 0.15) is 25.1 Å². The van der Waals surface area contributed by atoms with Crippen LogP contribution in [0, 0.1) is 0 Å². The van der Waals surface area contributed by atoms with Crippen molar-refractivity contribution in [1.29, 1.82) is 0 Å². The number of β-amino-alcohol motifs (C(OH)–C–C–N with tert-alkyl or cyclic N) is 1. The van der Waals surface area contributed by atoms with E-state index in [0.717, 1.165) is 56.0 Å². The Morgan fingerprint density at radius 3 is 2.82 bits per heavy atom. The maximum absolute atomic E-state index is 10.2. The van der Waals surface area contributed by atoms with Crippen molar-refractivity contribution in [3.05, 3.63) is 60.6 Å². The second kappa shape index (κ2) is 7.24. The Bertz CT molecular complexity index is 983. The average Bonchev–Trinajstić information content (AvgIpc) is 3.25. The molecule has 2 aromatic carbocycles. The molecule has 0 radical (unpaired) electrons. The number of fused-ring (bicyclic) bond motifs is 1. The van der Waals surface area contributed by atoms with E-state index in [1.165, 1.54) is 10.8 Å². The standard InChI is InChI=1S/C23H26N4O/c28-20-6-3-13-27(15-20)23(10-12-24-16-23)22-25-11-9-21(26-22)19-8-7-17-4-1-2-5-18(17)14-19/h1-2,4-5,7-9,11,14,20,24,28H,3,6,10,12-13,15-16H2/t20?,23-/m0/s1. The van der Waals surface area contributed by atoms with Gasteiger partial charge in [0.2, 0.25) is 0 Å². The zero-order valence-electron chi connectivity index (χ0n) is 16.0. The summed E-state index contributed by atoms with van der Waals surface area (Å²) >= 11 is 0. The van der Waals surface area contributed by atoms with E-state index < -0.39 is 0 Å². The summed E-state index contributed by atoms with van der Waals surface area (Å²) in [6.45, 7) is 3.48. The van der Waals surface area contributed by atoms with Gasteiger partial charge in [0.05, 0.1) is 17.3 Å². The summed E-state index contributed by atoms with van der Waals surface area (Å²) in [6, 6.07) is 16.9. The Balaban J connectivity index is 1.54. The average molecular weight is 374 g/mol. The number of hydrogen-bond acceptors (Lipinski definition) is 5. The van der Waals surface area contributed by atoms with E-state index in [1.54, 1.807) is 0 Å². The summed E-state index contributed by atoms with van der Waals surface area (Å²) in [5.74, 6) is 0.872. The predicted octanol–water partition coefficient (Wildman–Crippen LogP) is 2.94. The molecule has 2 N–H and O–H groups in total. The minimum absolute atomic E-state index is 0.228. The van der Waals surface area contributed by atoms with Gasteiger partial charge in [-0.1, -0.05) is 36.4 Å². The first-order chi connectivity index (χ1) is 13.7. The lowest BCUT2D eigenvalue weighted by Crippen LogP contribution is -2.54. The van der Waals surface area contributed by atoms with Crippen LogP contribution in [-0.4, -0.2) is 52.3 Å². The van der Waals surface area contributed by atoms with E-state index in [0.29, 0.717) is 6.54 Å². The minimum Gasteiger partial charge on any atom is -0.392 e. The van der Waals surface area contributed by atoms with Crippen molar-refractivity contribution in [2.75, 3.05) is 26.2 Å². The van der Waals surface area contributed by atoms with Crippen molar-refractivity contribution in [2.24, 2.45) is 0 Å². The molecule has 5 rings (SSSR count). The normalized spacial score (nSPS) is 26.0. The van der Waals surface area contributed by atoms with Gasteiger partial charge in [-0.3, -0.25) is 4.90 Å². The fraction of sp³-hybridized carbons (Fsp3) is 0.391. The van der Waals surface area contributed by atoms with Gasteiger partial charge in [0.1, 0.15) is 0 Å². The summed E-state index contributed by atoms with van der Waals surface area (Å²) in [6.07, 6.45) is 4.51. The first-order valence-corrected chi connectivity index (χ1v) is 10.2. The number of rotatable bonds is 3. The van der Waals surface area contributed by atoms with E-state index in [2.05, 4.69) is 52.7 Å². The Morgan fingerprint density at radius 2 is 2.00 bits per heavy atom. The summed E-state index contributed by atoms with van der Waals surface area (Å²) < 4.78 is 0. The fourth-order valence-electron chi connectivity index (χ4n) is 4.72. The lowest BCUT2D eigenvalue weighted by molar-refractivity contribution is 0.00213. The van der Waals surface area contributed by atoms with Crippen molar-refractivity contribution in [3.8, 4) is 11.3 Å². The molecular weight excluding hydrogens is 348 g/mol. The SMILES string of the molecule is OC1CCCN([C@@]2(c3nccc(-c4ccc5ccccc5c4)n3)CCNC2)C1. The van der Waals surface area contributed by atoms with Gasteiger partial charge in [-0.15, -0.1) is 0 Å². The molecule has 2 saturated heterocycles. The third-order valence-corrected chi connectivity index (χ3v) is 6.25. The molecule has 5 nitrogen and oxygen atoms in total. The van der Waals surface area contributed by atoms with Gasteiger partial charge < -0.3 is 10.4 Å². The van der Waals surface area contributed by atoms with Crippen LogP contribution < -0.4 is 5.32 Å². The molecule has 2 aliphatic heterocycles. The first-order valence-electron chi connectivity index (χ1n) is 10.2. The molecular formula is C23H26N4O. The predicted molar refractivity (Wildman–Crippen MR) is 111 cm³/mol. The number of hydrogen-bond donors (Lipinski definition) is 2. The van der Waals surface area contributed by atoms with Crippen LogP contribution in [0.15, 0.2) is 54.7 Å². The van der Waals surface area contributed by atoms with Crippen molar-refractivity contribution in [3.63, 3.8) is 0 Å². The number of aliphatic hydroxyl groups is 1. The zero-order chi connectivity index (χ0) is 19.0. The number of benzene rings is 2.